The fraction of sp³-hybridized carbons (Fsp3) is 0.263. The molecule has 2 aromatic rings. The van der Waals surface area contributed by atoms with Crippen molar-refractivity contribution in [2.45, 2.75) is 32.8 Å². The molecular weight excluding hydrogens is 348 g/mol. The van der Waals surface area contributed by atoms with Crippen LogP contribution in [-0.2, 0) is 6.42 Å². The van der Waals surface area contributed by atoms with Crippen LogP contribution in [0.15, 0.2) is 46.6 Å². The molecule has 0 N–H and O–H groups in total. The SMILES string of the molecule is CCCCc1ccc(C=NN=Cc2cc(F)c(OC(F)F)c(F)c2)cc1. The zero-order valence-corrected chi connectivity index (χ0v) is 14.1. The van der Waals surface area contributed by atoms with Crippen LogP contribution in [-0.4, -0.2) is 19.0 Å². The van der Waals surface area contributed by atoms with Crippen molar-refractivity contribution >= 4 is 12.4 Å². The van der Waals surface area contributed by atoms with Crippen molar-refractivity contribution < 1.29 is 22.3 Å². The number of nitrogens with zero attached hydrogens (tertiary/aromatic N) is 2. The number of ether oxygens (including phenoxy) is 1. The van der Waals surface area contributed by atoms with Crippen molar-refractivity contribution in [3.63, 3.8) is 0 Å². The Hall–Kier alpha value is -2.70. The van der Waals surface area contributed by atoms with Gasteiger partial charge in [0.1, 0.15) is 0 Å². The highest BCUT2D eigenvalue weighted by Gasteiger charge is 2.16. The van der Waals surface area contributed by atoms with Gasteiger partial charge < -0.3 is 4.74 Å². The summed E-state index contributed by atoms with van der Waals surface area (Å²) in [5.74, 6) is -3.60. The Balaban J connectivity index is 2.00. The summed E-state index contributed by atoms with van der Waals surface area (Å²) in [4.78, 5) is 0. The number of aryl methyl sites for hydroxylation is 1. The highest BCUT2D eigenvalue weighted by atomic mass is 19.3. The Kier molecular flexibility index (Phi) is 7.32. The minimum atomic E-state index is -3.31. The third-order valence-electron chi connectivity index (χ3n) is 3.51. The van der Waals surface area contributed by atoms with Gasteiger partial charge in [0.15, 0.2) is 17.4 Å². The van der Waals surface area contributed by atoms with E-state index in [0.717, 1.165) is 43.2 Å². The highest BCUT2D eigenvalue weighted by molar-refractivity contribution is 5.82. The maximum atomic E-state index is 13.6. The van der Waals surface area contributed by atoms with E-state index in [4.69, 9.17) is 0 Å². The van der Waals surface area contributed by atoms with Gasteiger partial charge >= 0.3 is 6.61 Å². The third kappa shape index (κ3) is 5.98. The van der Waals surface area contributed by atoms with Gasteiger partial charge in [-0.2, -0.15) is 19.0 Å². The van der Waals surface area contributed by atoms with Crippen LogP contribution in [0.3, 0.4) is 0 Å². The standard InChI is InChI=1S/C19H18F4N2O/c1-2-3-4-13-5-7-14(8-6-13)11-24-25-12-15-9-16(20)18(17(21)10-15)26-19(22)23/h5-12,19H,2-4H2,1H3. The first-order valence-electron chi connectivity index (χ1n) is 8.08. The number of rotatable bonds is 8. The van der Waals surface area contributed by atoms with Crippen LogP contribution >= 0.6 is 0 Å². The normalized spacial score (nSPS) is 11.8. The van der Waals surface area contributed by atoms with Crippen LogP contribution in [0, 0.1) is 11.6 Å². The average Bonchev–Trinajstić information content (AvgIpc) is 2.61. The fourth-order valence-electron chi connectivity index (χ4n) is 2.21. The minimum Gasteiger partial charge on any atom is -0.429 e. The lowest BCUT2D eigenvalue weighted by Gasteiger charge is -2.07. The third-order valence-corrected chi connectivity index (χ3v) is 3.51. The largest absolute Gasteiger partial charge is 0.429 e. The summed E-state index contributed by atoms with van der Waals surface area (Å²) in [6.45, 7) is -1.17. The molecule has 0 fully saturated rings. The van der Waals surface area contributed by atoms with Gasteiger partial charge in [-0.05, 0) is 36.1 Å². The molecule has 0 heterocycles. The van der Waals surface area contributed by atoms with E-state index in [1.54, 1.807) is 0 Å². The van der Waals surface area contributed by atoms with Crippen molar-refractivity contribution in [1.29, 1.82) is 0 Å². The van der Waals surface area contributed by atoms with Crippen molar-refractivity contribution in [3.05, 3.63) is 64.7 Å². The quantitative estimate of drug-likeness (QED) is 0.352. The number of alkyl halides is 2. The molecule has 2 rings (SSSR count). The van der Waals surface area contributed by atoms with Crippen LogP contribution in [0.4, 0.5) is 17.6 Å². The van der Waals surface area contributed by atoms with Crippen molar-refractivity contribution in [3.8, 4) is 5.75 Å². The van der Waals surface area contributed by atoms with Gasteiger partial charge in [0.2, 0.25) is 0 Å². The topological polar surface area (TPSA) is 34.0 Å². The van der Waals surface area contributed by atoms with Gasteiger partial charge in [-0.1, -0.05) is 37.6 Å². The molecule has 0 aromatic heterocycles. The summed E-state index contributed by atoms with van der Waals surface area (Å²) in [6, 6.07) is 9.49. The molecule has 0 radical (unpaired) electrons. The lowest BCUT2D eigenvalue weighted by atomic mass is 10.1. The Bertz CT molecular complexity index is 751. The second-order valence-electron chi connectivity index (χ2n) is 5.53. The monoisotopic (exact) mass is 366 g/mol. The molecule has 0 aliphatic rings. The summed E-state index contributed by atoms with van der Waals surface area (Å²) in [5.41, 5.74) is 2.11. The van der Waals surface area contributed by atoms with Gasteiger partial charge in [-0.25, -0.2) is 8.78 Å². The zero-order chi connectivity index (χ0) is 18.9. The smallest absolute Gasteiger partial charge is 0.387 e. The first-order valence-corrected chi connectivity index (χ1v) is 8.08. The summed E-state index contributed by atoms with van der Waals surface area (Å²) in [5, 5.41) is 7.51. The van der Waals surface area contributed by atoms with E-state index in [1.807, 2.05) is 24.3 Å². The first-order chi connectivity index (χ1) is 12.5. The molecule has 0 unspecified atom stereocenters. The summed E-state index contributed by atoms with van der Waals surface area (Å²) in [7, 11) is 0. The molecule has 3 nitrogen and oxygen atoms in total. The minimum absolute atomic E-state index is 0.0358. The molecule has 138 valence electrons. The number of benzene rings is 2. The maximum Gasteiger partial charge on any atom is 0.387 e. The summed E-state index contributed by atoms with van der Waals surface area (Å²) in [6.07, 6.45) is 5.90. The first kappa shape index (κ1) is 19.6. The molecule has 2 aromatic carbocycles. The molecule has 0 amide bonds. The van der Waals surface area contributed by atoms with Crippen LogP contribution in [0.2, 0.25) is 0 Å². The second-order valence-corrected chi connectivity index (χ2v) is 5.53. The Labute approximate surface area is 149 Å². The van der Waals surface area contributed by atoms with Crippen LogP contribution in [0.1, 0.15) is 36.5 Å². The number of halogens is 4. The van der Waals surface area contributed by atoms with Gasteiger partial charge in [0, 0.05) is 5.56 Å². The lowest BCUT2D eigenvalue weighted by Crippen LogP contribution is -2.06. The van der Waals surface area contributed by atoms with E-state index < -0.39 is 24.0 Å². The second kappa shape index (κ2) is 9.70. The van der Waals surface area contributed by atoms with Crippen molar-refractivity contribution in [1.82, 2.24) is 0 Å². The molecule has 0 saturated heterocycles. The van der Waals surface area contributed by atoms with Crippen LogP contribution < -0.4 is 4.74 Å². The molecule has 0 bridgehead atoms. The summed E-state index contributed by atoms with van der Waals surface area (Å²) < 4.78 is 55.1. The highest BCUT2D eigenvalue weighted by Crippen LogP contribution is 2.24. The fourth-order valence-corrected chi connectivity index (χ4v) is 2.21. The van der Waals surface area contributed by atoms with E-state index in [0.29, 0.717) is 0 Å². The molecule has 0 spiro atoms. The van der Waals surface area contributed by atoms with E-state index in [2.05, 4.69) is 21.9 Å². The predicted molar refractivity (Wildman–Crippen MR) is 93.2 cm³/mol. The van der Waals surface area contributed by atoms with Crippen molar-refractivity contribution in [2.75, 3.05) is 0 Å². The molecule has 26 heavy (non-hydrogen) atoms. The lowest BCUT2D eigenvalue weighted by molar-refractivity contribution is -0.0546. The molecule has 0 aliphatic heterocycles. The molecule has 7 heteroatoms. The molecular formula is C19H18F4N2O. The molecule has 0 aliphatic carbocycles. The predicted octanol–water partition coefficient (Wildman–Crippen LogP) is 5.36. The van der Waals surface area contributed by atoms with E-state index in [1.165, 1.54) is 11.8 Å². The Morgan fingerprint density at radius 2 is 1.54 bits per heavy atom. The maximum absolute atomic E-state index is 13.6. The van der Waals surface area contributed by atoms with Gasteiger partial charge in [0.25, 0.3) is 0 Å². The zero-order valence-electron chi connectivity index (χ0n) is 14.1. The van der Waals surface area contributed by atoms with Crippen LogP contribution in [0.5, 0.6) is 5.75 Å². The van der Waals surface area contributed by atoms with E-state index >= 15 is 0 Å². The van der Waals surface area contributed by atoms with E-state index in [9.17, 15) is 17.6 Å². The number of unbranched alkanes of at least 4 members (excludes halogenated alkanes) is 1. The van der Waals surface area contributed by atoms with Gasteiger partial charge in [0.05, 0.1) is 12.4 Å². The number of hydrogen-bond donors (Lipinski definition) is 0. The van der Waals surface area contributed by atoms with Gasteiger partial charge in [-0.15, -0.1) is 0 Å². The number of hydrogen-bond acceptors (Lipinski definition) is 3. The summed E-state index contributed by atoms with van der Waals surface area (Å²) >= 11 is 0. The van der Waals surface area contributed by atoms with E-state index in [-0.39, 0.29) is 5.56 Å². The molecule has 0 atom stereocenters. The van der Waals surface area contributed by atoms with Crippen LogP contribution in [0.25, 0.3) is 0 Å². The molecule has 0 saturated carbocycles. The Morgan fingerprint density at radius 1 is 0.962 bits per heavy atom. The van der Waals surface area contributed by atoms with Gasteiger partial charge in [-0.3, -0.25) is 0 Å². The average molecular weight is 366 g/mol. The Morgan fingerprint density at radius 3 is 2.08 bits per heavy atom. The van der Waals surface area contributed by atoms with Crippen molar-refractivity contribution in [2.24, 2.45) is 10.2 Å².